The Hall–Kier alpha value is -2.10. The van der Waals surface area contributed by atoms with Crippen LogP contribution in [0.1, 0.15) is 0 Å². The van der Waals surface area contributed by atoms with Crippen molar-refractivity contribution in [2.45, 2.75) is 0 Å². The Bertz CT molecular complexity index is 422. The van der Waals surface area contributed by atoms with Crippen LogP contribution in [0, 0.1) is 0 Å². The van der Waals surface area contributed by atoms with Gasteiger partial charge in [-0.15, -0.1) is 0 Å². The lowest BCUT2D eigenvalue weighted by Gasteiger charge is -1.98. The van der Waals surface area contributed by atoms with Gasteiger partial charge in [0.25, 0.3) is 0 Å². The van der Waals surface area contributed by atoms with Crippen LogP contribution in [0.2, 0.25) is 0 Å². The Morgan fingerprint density at radius 1 is 1.21 bits per heavy atom. The van der Waals surface area contributed by atoms with Crippen molar-refractivity contribution in [3.05, 3.63) is 42.6 Å². The summed E-state index contributed by atoms with van der Waals surface area (Å²) in [5, 5.41) is 6.63. The summed E-state index contributed by atoms with van der Waals surface area (Å²) in [6.45, 7) is 0. The highest BCUT2D eigenvalue weighted by molar-refractivity contribution is 5.68. The minimum atomic E-state index is 0.545. The van der Waals surface area contributed by atoms with E-state index in [-0.39, 0.29) is 0 Å². The maximum atomic E-state index is 10.2. The summed E-state index contributed by atoms with van der Waals surface area (Å²) in [5.41, 5.74) is 0.964. The second-order valence-corrected chi connectivity index (χ2v) is 2.74. The molecule has 0 unspecified atom stereocenters. The standard InChI is InChI=1S/C10H9N3O/c14-8-11-10-6-7-13(12-10)9-4-2-1-3-5-9/h1-8H,(H,11,12,14). The predicted molar refractivity (Wildman–Crippen MR) is 53.3 cm³/mol. The molecule has 0 aliphatic rings. The number of amides is 1. The minimum Gasteiger partial charge on any atom is -0.312 e. The number of aromatic nitrogens is 2. The number of carbonyl (C=O) groups excluding carboxylic acids is 1. The van der Waals surface area contributed by atoms with E-state index in [2.05, 4.69) is 10.4 Å². The number of para-hydroxylation sites is 1. The molecule has 2 rings (SSSR count). The van der Waals surface area contributed by atoms with Gasteiger partial charge in [-0.3, -0.25) is 4.79 Å². The first-order valence-electron chi connectivity index (χ1n) is 4.21. The predicted octanol–water partition coefficient (Wildman–Crippen LogP) is 1.44. The number of hydrogen-bond donors (Lipinski definition) is 1. The van der Waals surface area contributed by atoms with Gasteiger partial charge in [-0.2, -0.15) is 5.10 Å². The molecular formula is C10H9N3O. The van der Waals surface area contributed by atoms with Gasteiger partial charge in [0.05, 0.1) is 5.69 Å². The number of anilines is 1. The van der Waals surface area contributed by atoms with E-state index in [0.29, 0.717) is 12.2 Å². The van der Waals surface area contributed by atoms with Crippen molar-refractivity contribution >= 4 is 12.2 Å². The number of nitrogens with zero attached hydrogens (tertiary/aromatic N) is 2. The number of benzene rings is 1. The molecule has 4 nitrogen and oxygen atoms in total. The highest BCUT2D eigenvalue weighted by atomic mass is 16.1. The van der Waals surface area contributed by atoms with Crippen LogP contribution >= 0.6 is 0 Å². The Kier molecular flexibility index (Phi) is 2.27. The van der Waals surface area contributed by atoms with E-state index >= 15 is 0 Å². The summed E-state index contributed by atoms with van der Waals surface area (Å²) in [6.07, 6.45) is 2.40. The highest BCUT2D eigenvalue weighted by Crippen LogP contribution is 2.08. The van der Waals surface area contributed by atoms with E-state index in [9.17, 15) is 4.79 Å². The fourth-order valence-electron chi connectivity index (χ4n) is 1.19. The molecule has 70 valence electrons. The lowest BCUT2D eigenvalue weighted by Crippen LogP contribution is -1.98. The zero-order chi connectivity index (χ0) is 9.80. The van der Waals surface area contributed by atoms with E-state index < -0.39 is 0 Å². The Morgan fingerprint density at radius 2 is 2.00 bits per heavy atom. The molecule has 1 aromatic heterocycles. The van der Waals surface area contributed by atoms with Gasteiger partial charge < -0.3 is 5.32 Å². The summed E-state index contributed by atoms with van der Waals surface area (Å²) in [7, 11) is 0. The summed E-state index contributed by atoms with van der Waals surface area (Å²) in [6, 6.07) is 11.4. The van der Waals surface area contributed by atoms with Gasteiger partial charge in [-0.25, -0.2) is 4.68 Å². The van der Waals surface area contributed by atoms with Crippen LogP contribution in [0.5, 0.6) is 0 Å². The van der Waals surface area contributed by atoms with Crippen LogP contribution in [0.3, 0.4) is 0 Å². The molecule has 1 N–H and O–H groups in total. The summed E-state index contributed by atoms with van der Waals surface area (Å²) in [5.74, 6) is 0.545. The first-order valence-corrected chi connectivity index (χ1v) is 4.21. The molecule has 0 atom stereocenters. The van der Waals surface area contributed by atoms with Gasteiger partial charge in [-0.05, 0) is 12.1 Å². The van der Waals surface area contributed by atoms with E-state index in [1.165, 1.54) is 0 Å². The molecule has 0 saturated carbocycles. The number of nitrogens with one attached hydrogen (secondary N) is 1. The van der Waals surface area contributed by atoms with Crippen LogP contribution in [-0.2, 0) is 4.79 Å². The first kappa shape index (κ1) is 8.50. The zero-order valence-corrected chi connectivity index (χ0v) is 7.42. The topological polar surface area (TPSA) is 46.9 Å². The molecule has 1 aromatic carbocycles. The van der Waals surface area contributed by atoms with Crippen molar-refractivity contribution in [3.63, 3.8) is 0 Å². The number of rotatable bonds is 3. The fraction of sp³-hybridized carbons (Fsp3) is 0. The molecule has 0 fully saturated rings. The van der Waals surface area contributed by atoms with Crippen LogP contribution in [0.25, 0.3) is 5.69 Å². The van der Waals surface area contributed by atoms with Gasteiger partial charge in [0.2, 0.25) is 6.41 Å². The lowest BCUT2D eigenvalue weighted by molar-refractivity contribution is -0.105. The highest BCUT2D eigenvalue weighted by Gasteiger charge is 1.98. The minimum absolute atomic E-state index is 0.545. The second-order valence-electron chi connectivity index (χ2n) is 2.74. The molecule has 0 bridgehead atoms. The van der Waals surface area contributed by atoms with Crippen molar-refractivity contribution < 1.29 is 4.79 Å². The quantitative estimate of drug-likeness (QED) is 0.739. The fourth-order valence-corrected chi connectivity index (χ4v) is 1.19. The molecule has 0 spiro atoms. The maximum Gasteiger partial charge on any atom is 0.212 e. The van der Waals surface area contributed by atoms with E-state index in [4.69, 9.17) is 0 Å². The number of hydrogen-bond acceptors (Lipinski definition) is 2. The third-order valence-electron chi connectivity index (χ3n) is 1.82. The first-order chi connectivity index (χ1) is 6.90. The van der Waals surface area contributed by atoms with Gasteiger partial charge in [0.15, 0.2) is 5.82 Å². The molecule has 2 aromatic rings. The Labute approximate surface area is 81.2 Å². The van der Waals surface area contributed by atoms with E-state index in [1.54, 1.807) is 16.9 Å². The van der Waals surface area contributed by atoms with Gasteiger partial charge >= 0.3 is 0 Å². The van der Waals surface area contributed by atoms with E-state index in [1.807, 2.05) is 30.3 Å². The summed E-state index contributed by atoms with van der Waals surface area (Å²) >= 11 is 0. The SMILES string of the molecule is O=CNc1ccn(-c2ccccc2)n1. The smallest absolute Gasteiger partial charge is 0.212 e. The van der Waals surface area contributed by atoms with Crippen molar-refractivity contribution in [1.29, 1.82) is 0 Å². The molecule has 4 heteroatoms. The van der Waals surface area contributed by atoms with E-state index in [0.717, 1.165) is 5.69 Å². The van der Waals surface area contributed by atoms with Crippen LogP contribution in [0.4, 0.5) is 5.82 Å². The third kappa shape index (κ3) is 1.64. The zero-order valence-electron chi connectivity index (χ0n) is 7.42. The van der Waals surface area contributed by atoms with Crippen LogP contribution in [-0.4, -0.2) is 16.2 Å². The molecule has 0 aliphatic carbocycles. The summed E-state index contributed by atoms with van der Waals surface area (Å²) in [4.78, 5) is 10.2. The van der Waals surface area contributed by atoms with Gasteiger partial charge in [-0.1, -0.05) is 18.2 Å². The van der Waals surface area contributed by atoms with Gasteiger partial charge in [0.1, 0.15) is 0 Å². The molecule has 0 aliphatic heterocycles. The molecule has 14 heavy (non-hydrogen) atoms. The largest absolute Gasteiger partial charge is 0.312 e. The average molecular weight is 187 g/mol. The van der Waals surface area contributed by atoms with Crippen molar-refractivity contribution in [3.8, 4) is 5.69 Å². The van der Waals surface area contributed by atoms with Crippen molar-refractivity contribution in [2.24, 2.45) is 0 Å². The Morgan fingerprint density at radius 3 is 2.71 bits per heavy atom. The molecule has 0 saturated heterocycles. The third-order valence-corrected chi connectivity index (χ3v) is 1.82. The van der Waals surface area contributed by atoms with Crippen LogP contribution in [0.15, 0.2) is 42.6 Å². The molecular weight excluding hydrogens is 178 g/mol. The van der Waals surface area contributed by atoms with Crippen molar-refractivity contribution in [1.82, 2.24) is 9.78 Å². The van der Waals surface area contributed by atoms with Crippen molar-refractivity contribution in [2.75, 3.05) is 5.32 Å². The van der Waals surface area contributed by atoms with Gasteiger partial charge in [0, 0.05) is 12.3 Å². The summed E-state index contributed by atoms with van der Waals surface area (Å²) < 4.78 is 1.70. The molecule has 0 radical (unpaired) electrons. The Balaban J connectivity index is 2.29. The average Bonchev–Trinajstić information content (AvgIpc) is 2.68. The second kappa shape index (κ2) is 3.74. The maximum absolute atomic E-state index is 10.2. The monoisotopic (exact) mass is 187 g/mol. The molecule has 1 heterocycles. The van der Waals surface area contributed by atoms with Crippen LogP contribution < -0.4 is 5.32 Å². The molecule has 1 amide bonds. The normalized spacial score (nSPS) is 9.71. The number of carbonyl (C=O) groups is 1. The lowest BCUT2D eigenvalue weighted by atomic mass is 10.3.